The molecular formula is C20H28Cl2FN3OS. The predicted molar refractivity (Wildman–Crippen MR) is 119 cm³/mol. The molecule has 28 heavy (non-hydrogen) atoms. The standard InChI is InChI=1S/C20H26FN3OS.2ClH/c1-15(22)6-9-20(25)24-12-10-23(11-13-24)14-16-7-8-19(26-16)17-4-2-3-5-18(17)21;;/h2-5,7-8,15H,6,9-14,22H2,1H3;2*1H. The number of halogens is 3. The highest BCUT2D eigenvalue weighted by molar-refractivity contribution is 7.15. The van der Waals surface area contributed by atoms with Gasteiger partial charge in [-0.25, -0.2) is 4.39 Å². The van der Waals surface area contributed by atoms with Crippen molar-refractivity contribution in [1.29, 1.82) is 0 Å². The average Bonchev–Trinajstić information content (AvgIpc) is 3.09. The van der Waals surface area contributed by atoms with E-state index >= 15 is 0 Å². The Bertz CT molecular complexity index is 749. The van der Waals surface area contributed by atoms with E-state index in [-0.39, 0.29) is 42.6 Å². The molecule has 156 valence electrons. The van der Waals surface area contributed by atoms with Crippen molar-refractivity contribution in [2.45, 2.75) is 32.4 Å². The Morgan fingerprint density at radius 3 is 2.46 bits per heavy atom. The molecule has 1 amide bonds. The molecule has 1 aliphatic rings. The van der Waals surface area contributed by atoms with Crippen LogP contribution in [0.4, 0.5) is 4.39 Å². The minimum atomic E-state index is -0.181. The van der Waals surface area contributed by atoms with E-state index in [1.807, 2.05) is 30.0 Å². The third-order valence-corrected chi connectivity index (χ3v) is 5.82. The van der Waals surface area contributed by atoms with E-state index in [1.54, 1.807) is 17.4 Å². The number of thiophene rings is 1. The van der Waals surface area contributed by atoms with Crippen LogP contribution in [0.1, 0.15) is 24.6 Å². The summed E-state index contributed by atoms with van der Waals surface area (Å²) in [5.74, 6) is 0.0275. The maximum Gasteiger partial charge on any atom is 0.222 e. The molecule has 1 saturated heterocycles. The summed E-state index contributed by atoms with van der Waals surface area (Å²) in [5, 5.41) is 0. The lowest BCUT2D eigenvalue weighted by molar-refractivity contribution is -0.133. The number of nitrogens with zero attached hydrogens (tertiary/aromatic N) is 2. The van der Waals surface area contributed by atoms with Gasteiger partial charge in [-0.3, -0.25) is 9.69 Å². The fourth-order valence-electron chi connectivity index (χ4n) is 3.15. The second-order valence-electron chi connectivity index (χ2n) is 6.92. The smallest absolute Gasteiger partial charge is 0.222 e. The average molecular weight is 448 g/mol. The highest BCUT2D eigenvalue weighted by Crippen LogP contribution is 2.30. The van der Waals surface area contributed by atoms with E-state index in [2.05, 4.69) is 11.0 Å². The zero-order valence-electron chi connectivity index (χ0n) is 16.0. The van der Waals surface area contributed by atoms with Gasteiger partial charge in [-0.1, -0.05) is 18.2 Å². The number of rotatable bonds is 6. The van der Waals surface area contributed by atoms with Crippen LogP contribution >= 0.6 is 36.2 Å². The molecule has 1 fully saturated rings. The lowest BCUT2D eigenvalue weighted by atomic mass is 10.1. The molecule has 8 heteroatoms. The maximum atomic E-state index is 13.9. The van der Waals surface area contributed by atoms with Crippen molar-refractivity contribution in [2.75, 3.05) is 26.2 Å². The fraction of sp³-hybridized carbons (Fsp3) is 0.450. The van der Waals surface area contributed by atoms with Gasteiger partial charge >= 0.3 is 0 Å². The van der Waals surface area contributed by atoms with Gasteiger partial charge in [-0.05, 0) is 31.5 Å². The Kier molecular flexibility index (Phi) is 10.4. The van der Waals surface area contributed by atoms with Crippen molar-refractivity contribution in [1.82, 2.24) is 9.80 Å². The molecular weight excluding hydrogens is 420 g/mol. The molecule has 0 aliphatic carbocycles. The second-order valence-corrected chi connectivity index (χ2v) is 8.09. The van der Waals surface area contributed by atoms with Crippen LogP contribution in [0.2, 0.25) is 0 Å². The van der Waals surface area contributed by atoms with Crippen molar-refractivity contribution in [2.24, 2.45) is 5.73 Å². The lowest BCUT2D eigenvalue weighted by Gasteiger charge is -2.34. The molecule has 1 aliphatic heterocycles. The first-order chi connectivity index (χ1) is 12.5. The van der Waals surface area contributed by atoms with Crippen molar-refractivity contribution >= 4 is 42.1 Å². The van der Waals surface area contributed by atoms with Gasteiger partial charge in [-0.2, -0.15) is 0 Å². The second kappa shape index (κ2) is 11.7. The summed E-state index contributed by atoms with van der Waals surface area (Å²) >= 11 is 1.64. The number of amides is 1. The fourth-order valence-corrected chi connectivity index (χ4v) is 4.23. The van der Waals surface area contributed by atoms with Gasteiger partial charge in [0.15, 0.2) is 0 Å². The summed E-state index contributed by atoms with van der Waals surface area (Å²) in [7, 11) is 0. The molecule has 4 nitrogen and oxygen atoms in total. The highest BCUT2D eigenvalue weighted by atomic mass is 35.5. The Labute approximate surface area is 182 Å². The van der Waals surface area contributed by atoms with Crippen LogP contribution in [-0.2, 0) is 11.3 Å². The quantitative estimate of drug-likeness (QED) is 0.722. The first-order valence-corrected chi connectivity index (χ1v) is 9.94. The minimum Gasteiger partial charge on any atom is -0.340 e. The minimum absolute atomic E-state index is 0. The van der Waals surface area contributed by atoms with Crippen molar-refractivity contribution in [3.63, 3.8) is 0 Å². The number of nitrogens with two attached hydrogens (primary N) is 1. The van der Waals surface area contributed by atoms with E-state index in [4.69, 9.17) is 5.73 Å². The van der Waals surface area contributed by atoms with Crippen molar-refractivity contribution < 1.29 is 9.18 Å². The zero-order chi connectivity index (χ0) is 18.5. The summed E-state index contributed by atoms with van der Waals surface area (Å²) < 4.78 is 13.9. The summed E-state index contributed by atoms with van der Waals surface area (Å²) in [6.45, 7) is 6.06. The van der Waals surface area contributed by atoms with Gasteiger partial charge in [0.2, 0.25) is 5.91 Å². The molecule has 0 spiro atoms. The molecule has 2 aromatic rings. The highest BCUT2D eigenvalue weighted by Gasteiger charge is 2.21. The number of benzene rings is 1. The number of hydrogen-bond donors (Lipinski definition) is 1. The van der Waals surface area contributed by atoms with Gasteiger partial charge < -0.3 is 10.6 Å². The molecule has 2 N–H and O–H groups in total. The zero-order valence-corrected chi connectivity index (χ0v) is 18.4. The van der Waals surface area contributed by atoms with Crippen LogP contribution < -0.4 is 5.73 Å². The first kappa shape index (κ1) is 24.9. The molecule has 1 atom stereocenters. The van der Waals surface area contributed by atoms with Gasteiger partial charge in [0.1, 0.15) is 5.82 Å². The number of carbonyl (C=O) groups excluding carboxylic acids is 1. The van der Waals surface area contributed by atoms with Crippen LogP contribution in [0, 0.1) is 5.82 Å². The normalized spacial score (nSPS) is 15.5. The summed E-state index contributed by atoms with van der Waals surface area (Å²) in [5.41, 5.74) is 6.39. The summed E-state index contributed by atoms with van der Waals surface area (Å²) in [4.78, 5) is 18.7. The van der Waals surface area contributed by atoms with E-state index in [1.165, 1.54) is 10.9 Å². The van der Waals surface area contributed by atoms with Crippen LogP contribution in [0.5, 0.6) is 0 Å². The molecule has 0 radical (unpaired) electrons. The Balaban J connectivity index is 0.00000196. The molecule has 1 unspecified atom stereocenters. The van der Waals surface area contributed by atoms with Crippen molar-refractivity contribution in [3.05, 3.63) is 47.1 Å². The van der Waals surface area contributed by atoms with Crippen LogP contribution in [0.15, 0.2) is 36.4 Å². The van der Waals surface area contributed by atoms with E-state index in [0.717, 1.165) is 44.0 Å². The van der Waals surface area contributed by atoms with E-state index in [0.29, 0.717) is 12.0 Å². The number of carbonyl (C=O) groups is 1. The lowest BCUT2D eigenvalue weighted by Crippen LogP contribution is -2.48. The largest absolute Gasteiger partial charge is 0.340 e. The maximum absolute atomic E-state index is 13.9. The Morgan fingerprint density at radius 1 is 1.14 bits per heavy atom. The summed E-state index contributed by atoms with van der Waals surface area (Å²) in [6, 6.07) is 11.0. The van der Waals surface area contributed by atoms with Crippen LogP contribution in [0.3, 0.4) is 0 Å². The van der Waals surface area contributed by atoms with Gasteiger partial charge in [0.05, 0.1) is 0 Å². The SMILES string of the molecule is CC(N)CCC(=O)N1CCN(Cc2ccc(-c3ccccc3F)s2)CC1.Cl.Cl. The monoisotopic (exact) mass is 447 g/mol. The topological polar surface area (TPSA) is 49.6 Å². The van der Waals surface area contributed by atoms with Crippen LogP contribution in [0.25, 0.3) is 10.4 Å². The Hall–Kier alpha value is -1.18. The third-order valence-electron chi connectivity index (χ3n) is 4.72. The molecule has 0 saturated carbocycles. The number of hydrogen-bond acceptors (Lipinski definition) is 4. The van der Waals surface area contributed by atoms with E-state index in [9.17, 15) is 9.18 Å². The molecule has 0 bridgehead atoms. The summed E-state index contributed by atoms with van der Waals surface area (Å²) in [6.07, 6.45) is 1.28. The predicted octanol–water partition coefficient (Wildman–Crippen LogP) is 4.17. The first-order valence-electron chi connectivity index (χ1n) is 9.12. The van der Waals surface area contributed by atoms with E-state index < -0.39 is 0 Å². The molecule has 1 aromatic carbocycles. The third kappa shape index (κ3) is 6.71. The molecule has 3 rings (SSSR count). The Morgan fingerprint density at radius 2 is 1.82 bits per heavy atom. The molecule has 2 heterocycles. The van der Waals surface area contributed by atoms with Crippen LogP contribution in [-0.4, -0.2) is 47.9 Å². The number of piperazine rings is 1. The van der Waals surface area contributed by atoms with Gasteiger partial charge in [-0.15, -0.1) is 36.2 Å². The molecule has 1 aromatic heterocycles. The van der Waals surface area contributed by atoms with Crippen molar-refractivity contribution in [3.8, 4) is 10.4 Å². The van der Waals surface area contributed by atoms with Gasteiger partial charge in [0.25, 0.3) is 0 Å². The van der Waals surface area contributed by atoms with Gasteiger partial charge in [0, 0.05) is 60.5 Å².